The van der Waals surface area contributed by atoms with Gasteiger partial charge in [0.1, 0.15) is 0 Å². The van der Waals surface area contributed by atoms with Crippen LogP contribution in [0.2, 0.25) is 0 Å². The zero-order chi connectivity index (χ0) is 16.5. The van der Waals surface area contributed by atoms with Crippen molar-refractivity contribution in [2.24, 2.45) is 4.99 Å². The lowest BCUT2D eigenvalue weighted by molar-refractivity contribution is 0.374. The summed E-state index contributed by atoms with van der Waals surface area (Å²) in [6.07, 6.45) is 0.880. The summed E-state index contributed by atoms with van der Waals surface area (Å²) in [6.45, 7) is 5.66. The van der Waals surface area contributed by atoms with Crippen LogP contribution in [0.25, 0.3) is 0 Å². The van der Waals surface area contributed by atoms with E-state index < -0.39 is 0 Å². The summed E-state index contributed by atoms with van der Waals surface area (Å²) in [5.41, 5.74) is 0.970. The van der Waals surface area contributed by atoms with E-state index >= 15 is 0 Å². The molecule has 0 fully saturated rings. The van der Waals surface area contributed by atoms with E-state index in [0.717, 1.165) is 30.4 Å². The third kappa shape index (κ3) is 7.12. The van der Waals surface area contributed by atoms with Gasteiger partial charge in [-0.3, -0.25) is 4.99 Å². The molecule has 0 aliphatic rings. The van der Waals surface area contributed by atoms with Crippen molar-refractivity contribution in [3.63, 3.8) is 0 Å². The summed E-state index contributed by atoms with van der Waals surface area (Å²) >= 11 is 1.84. The quantitative estimate of drug-likeness (QED) is 0.286. The van der Waals surface area contributed by atoms with E-state index in [1.54, 1.807) is 7.05 Å². The SMILES string of the molecule is CCc1cc(CNC(=NC)NCC(C)Sc2ccccc2)on1.I. The molecule has 0 radical (unpaired) electrons. The van der Waals surface area contributed by atoms with Crippen LogP contribution in [0.3, 0.4) is 0 Å². The van der Waals surface area contributed by atoms with Crippen LogP contribution in [-0.4, -0.2) is 30.0 Å². The van der Waals surface area contributed by atoms with E-state index in [1.165, 1.54) is 4.90 Å². The highest BCUT2D eigenvalue weighted by atomic mass is 127. The Morgan fingerprint density at radius 3 is 2.67 bits per heavy atom. The fraction of sp³-hybridized carbons (Fsp3) is 0.412. The molecule has 2 N–H and O–H groups in total. The number of aryl methyl sites for hydroxylation is 1. The van der Waals surface area contributed by atoms with Gasteiger partial charge in [0.25, 0.3) is 0 Å². The van der Waals surface area contributed by atoms with Crippen molar-refractivity contribution in [1.82, 2.24) is 15.8 Å². The van der Waals surface area contributed by atoms with Gasteiger partial charge in [-0.1, -0.05) is 37.2 Å². The van der Waals surface area contributed by atoms with Crippen LogP contribution in [-0.2, 0) is 13.0 Å². The van der Waals surface area contributed by atoms with Gasteiger partial charge in [0.15, 0.2) is 11.7 Å². The first-order valence-electron chi connectivity index (χ1n) is 7.82. The van der Waals surface area contributed by atoms with Gasteiger partial charge in [0.05, 0.1) is 12.2 Å². The van der Waals surface area contributed by atoms with Crippen LogP contribution in [0.15, 0.2) is 50.8 Å². The number of rotatable bonds is 7. The number of aliphatic imine (C=N–C) groups is 1. The number of hydrogen-bond acceptors (Lipinski definition) is 4. The molecule has 5 nitrogen and oxygen atoms in total. The topological polar surface area (TPSA) is 62.5 Å². The lowest BCUT2D eigenvalue weighted by Gasteiger charge is -2.15. The van der Waals surface area contributed by atoms with Gasteiger partial charge >= 0.3 is 0 Å². The highest BCUT2D eigenvalue weighted by Crippen LogP contribution is 2.21. The number of nitrogens with one attached hydrogen (secondary N) is 2. The molecule has 2 aromatic rings. The molecule has 1 aromatic carbocycles. The molecule has 132 valence electrons. The van der Waals surface area contributed by atoms with Crippen molar-refractivity contribution < 1.29 is 4.52 Å². The number of aromatic nitrogens is 1. The van der Waals surface area contributed by atoms with Gasteiger partial charge in [-0.2, -0.15) is 0 Å². The third-order valence-corrected chi connectivity index (χ3v) is 4.37. The Morgan fingerprint density at radius 2 is 2.04 bits per heavy atom. The average Bonchev–Trinajstić information content (AvgIpc) is 3.04. The Bertz CT molecular complexity index is 618. The standard InChI is InChI=1S/C17H24N4OS.HI/c1-4-14-10-15(22-21-14)12-20-17(18-3)19-11-13(2)23-16-8-6-5-7-9-16;/h5-10,13H,4,11-12H2,1-3H3,(H2,18,19,20);1H. The summed E-state index contributed by atoms with van der Waals surface area (Å²) in [5, 5.41) is 11.0. The molecule has 1 heterocycles. The highest BCUT2D eigenvalue weighted by Gasteiger charge is 2.07. The molecule has 2 rings (SSSR count). The molecule has 0 saturated carbocycles. The van der Waals surface area contributed by atoms with Gasteiger partial charge in [-0.25, -0.2) is 0 Å². The first-order valence-corrected chi connectivity index (χ1v) is 8.70. The largest absolute Gasteiger partial charge is 0.359 e. The van der Waals surface area contributed by atoms with E-state index in [0.29, 0.717) is 11.8 Å². The molecule has 0 aliphatic carbocycles. The monoisotopic (exact) mass is 460 g/mol. The Morgan fingerprint density at radius 1 is 1.29 bits per heavy atom. The van der Waals surface area contributed by atoms with Crippen LogP contribution in [0.4, 0.5) is 0 Å². The first-order chi connectivity index (χ1) is 11.2. The number of guanidine groups is 1. The predicted molar refractivity (Wildman–Crippen MR) is 111 cm³/mol. The second-order valence-electron chi connectivity index (χ2n) is 5.19. The van der Waals surface area contributed by atoms with Crippen molar-refractivity contribution in [1.29, 1.82) is 0 Å². The van der Waals surface area contributed by atoms with Gasteiger partial charge in [0.2, 0.25) is 0 Å². The Labute approximate surface area is 165 Å². The number of hydrogen-bond donors (Lipinski definition) is 2. The fourth-order valence-corrected chi connectivity index (χ4v) is 2.96. The van der Waals surface area contributed by atoms with E-state index in [-0.39, 0.29) is 24.0 Å². The second-order valence-corrected chi connectivity index (χ2v) is 6.70. The van der Waals surface area contributed by atoms with Gasteiger partial charge in [-0.05, 0) is 18.6 Å². The minimum Gasteiger partial charge on any atom is -0.359 e. The van der Waals surface area contributed by atoms with Gasteiger partial charge in [0, 0.05) is 29.8 Å². The summed E-state index contributed by atoms with van der Waals surface area (Å²) < 4.78 is 5.26. The van der Waals surface area contributed by atoms with Gasteiger partial charge in [-0.15, -0.1) is 35.7 Å². The van der Waals surface area contributed by atoms with Gasteiger partial charge < -0.3 is 15.2 Å². The molecule has 7 heteroatoms. The van der Waals surface area contributed by atoms with Crippen LogP contribution in [0, 0.1) is 0 Å². The van der Waals surface area contributed by atoms with Crippen molar-refractivity contribution in [3.05, 3.63) is 47.9 Å². The molecule has 24 heavy (non-hydrogen) atoms. The Balaban J connectivity index is 0.00000288. The molecule has 0 aliphatic heterocycles. The molecule has 0 bridgehead atoms. The number of thioether (sulfide) groups is 1. The van der Waals surface area contributed by atoms with Crippen molar-refractivity contribution >= 4 is 41.7 Å². The normalized spacial score (nSPS) is 12.4. The van der Waals surface area contributed by atoms with Crippen LogP contribution < -0.4 is 10.6 Å². The summed E-state index contributed by atoms with van der Waals surface area (Å²) in [4.78, 5) is 5.51. The van der Waals surface area contributed by atoms with E-state index in [1.807, 2.05) is 23.9 Å². The maximum absolute atomic E-state index is 5.26. The lowest BCUT2D eigenvalue weighted by atomic mass is 10.3. The summed E-state index contributed by atoms with van der Waals surface area (Å²) in [5.74, 6) is 1.58. The third-order valence-electron chi connectivity index (χ3n) is 3.26. The maximum atomic E-state index is 5.26. The first kappa shape index (κ1) is 20.8. The van der Waals surface area contributed by atoms with Crippen LogP contribution in [0.1, 0.15) is 25.3 Å². The van der Waals surface area contributed by atoms with Crippen LogP contribution in [0.5, 0.6) is 0 Å². The fourth-order valence-electron chi connectivity index (χ4n) is 2.01. The van der Waals surface area contributed by atoms with Crippen molar-refractivity contribution in [2.45, 2.75) is 37.0 Å². The molecule has 1 aromatic heterocycles. The summed E-state index contributed by atoms with van der Waals surface area (Å²) in [7, 11) is 1.77. The molecule has 1 atom stereocenters. The minimum atomic E-state index is 0. The Hall–Kier alpha value is -1.22. The van der Waals surface area contributed by atoms with E-state index in [9.17, 15) is 0 Å². The predicted octanol–water partition coefficient (Wildman–Crippen LogP) is 3.70. The number of nitrogens with zero attached hydrogens (tertiary/aromatic N) is 2. The van der Waals surface area contributed by atoms with Crippen molar-refractivity contribution in [3.8, 4) is 0 Å². The smallest absolute Gasteiger partial charge is 0.191 e. The van der Waals surface area contributed by atoms with Crippen LogP contribution >= 0.6 is 35.7 Å². The lowest BCUT2D eigenvalue weighted by Crippen LogP contribution is -2.39. The van der Waals surface area contributed by atoms with E-state index in [2.05, 4.69) is 58.9 Å². The molecular formula is C17H25IN4OS. The van der Waals surface area contributed by atoms with Crippen molar-refractivity contribution in [2.75, 3.05) is 13.6 Å². The Kier molecular flexibility index (Phi) is 9.85. The zero-order valence-electron chi connectivity index (χ0n) is 14.3. The average molecular weight is 460 g/mol. The number of halogens is 1. The highest BCUT2D eigenvalue weighted by molar-refractivity contribution is 14.0. The minimum absolute atomic E-state index is 0. The maximum Gasteiger partial charge on any atom is 0.191 e. The second kappa shape index (κ2) is 11.4. The molecule has 0 amide bonds. The molecule has 1 unspecified atom stereocenters. The van der Waals surface area contributed by atoms with E-state index in [4.69, 9.17) is 4.52 Å². The molecule has 0 spiro atoms. The zero-order valence-corrected chi connectivity index (χ0v) is 17.4. The summed E-state index contributed by atoms with van der Waals surface area (Å²) in [6, 6.07) is 12.4. The molecule has 0 saturated heterocycles. The number of benzene rings is 1. The molecular weight excluding hydrogens is 435 g/mol.